The average molecular weight is 238 g/mol. The lowest BCUT2D eigenvalue weighted by atomic mass is 10.0. The van der Waals surface area contributed by atoms with Crippen LogP contribution >= 0.6 is 0 Å². The molecular weight excluding hydrogens is 220 g/mol. The van der Waals surface area contributed by atoms with Crippen molar-refractivity contribution in [2.75, 3.05) is 6.61 Å². The molecule has 1 heterocycles. The maximum absolute atomic E-state index is 11.2. The molecule has 0 aliphatic carbocycles. The van der Waals surface area contributed by atoms with Crippen molar-refractivity contribution in [2.24, 2.45) is 5.73 Å². The molecule has 17 heavy (non-hydrogen) atoms. The van der Waals surface area contributed by atoms with Crippen LogP contribution in [0.2, 0.25) is 0 Å². The van der Waals surface area contributed by atoms with Gasteiger partial charge < -0.3 is 15.6 Å². The summed E-state index contributed by atoms with van der Waals surface area (Å²) in [6.45, 7) is 4.08. The highest BCUT2D eigenvalue weighted by Gasteiger charge is 2.12. The van der Waals surface area contributed by atoms with Crippen LogP contribution in [0, 0.1) is 6.92 Å². The number of ether oxygens (including phenoxy) is 1. The fourth-order valence-electron chi connectivity index (χ4n) is 1.60. The van der Waals surface area contributed by atoms with E-state index in [1.807, 2.05) is 0 Å². The number of aromatic nitrogens is 1. The smallest absolute Gasteiger partial charge is 0.306 e. The molecule has 94 valence electrons. The molecule has 0 atom stereocenters. The summed E-state index contributed by atoms with van der Waals surface area (Å²) in [5.74, 6) is -0.135. The number of carbonyl (C=O) groups excluding carboxylic acids is 1. The molecule has 0 amide bonds. The summed E-state index contributed by atoms with van der Waals surface area (Å²) < 4.78 is 4.84. The van der Waals surface area contributed by atoms with Gasteiger partial charge in [-0.05, 0) is 25.8 Å². The first-order valence-corrected chi connectivity index (χ1v) is 5.62. The van der Waals surface area contributed by atoms with E-state index in [1.54, 1.807) is 20.0 Å². The van der Waals surface area contributed by atoms with Gasteiger partial charge in [-0.1, -0.05) is 0 Å². The number of pyridine rings is 1. The normalized spacial score (nSPS) is 10.3. The average Bonchev–Trinajstić information content (AvgIpc) is 2.31. The number of aryl methyl sites for hydroxylation is 2. The fraction of sp³-hybridized carbons (Fsp3) is 0.500. The molecule has 0 radical (unpaired) electrons. The number of nitrogens with zero attached hydrogens (tertiary/aromatic N) is 1. The maximum atomic E-state index is 11.2. The Kier molecular flexibility index (Phi) is 4.90. The molecule has 0 aliphatic heterocycles. The number of rotatable bonds is 5. The van der Waals surface area contributed by atoms with Crippen LogP contribution < -0.4 is 5.73 Å². The van der Waals surface area contributed by atoms with E-state index >= 15 is 0 Å². The molecule has 0 aromatic carbocycles. The Labute approximate surface area is 101 Å². The van der Waals surface area contributed by atoms with Crippen LogP contribution in [0.3, 0.4) is 0 Å². The minimum Gasteiger partial charge on any atom is -0.506 e. The SMILES string of the molecule is CCOC(=O)CCc1cnc(C)c(O)c1CN. The maximum Gasteiger partial charge on any atom is 0.306 e. The van der Waals surface area contributed by atoms with Gasteiger partial charge in [0.1, 0.15) is 5.75 Å². The van der Waals surface area contributed by atoms with Gasteiger partial charge in [0.05, 0.1) is 12.3 Å². The van der Waals surface area contributed by atoms with E-state index in [1.165, 1.54) is 0 Å². The topological polar surface area (TPSA) is 85.4 Å². The third kappa shape index (κ3) is 3.42. The van der Waals surface area contributed by atoms with Crippen LogP contribution in [0.25, 0.3) is 0 Å². The predicted octanol–water partition coefficient (Wildman–Crippen LogP) is 1.05. The van der Waals surface area contributed by atoms with E-state index in [2.05, 4.69) is 4.98 Å². The number of esters is 1. The summed E-state index contributed by atoms with van der Waals surface area (Å²) >= 11 is 0. The third-order valence-electron chi connectivity index (χ3n) is 2.54. The number of aromatic hydroxyl groups is 1. The number of carbonyl (C=O) groups is 1. The van der Waals surface area contributed by atoms with E-state index in [9.17, 15) is 9.90 Å². The second kappa shape index (κ2) is 6.20. The summed E-state index contributed by atoms with van der Waals surface area (Å²) in [5, 5.41) is 9.79. The summed E-state index contributed by atoms with van der Waals surface area (Å²) in [6, 6.07) is 0. The van der Waals surface area contributed by atoms with Crippen LogP contribution in [0.1, 0.15) is 30.2 Å². The molecule has 0 aliphatic rings. The van der Waals surface area contributed by atoms with Crippen molar-refractivity contribution in [1.29, 1.82) is 0 Å². The Balaban J connectivity index is 2.77. The quantitative estimate of drug-likeness (QED) is 0.749. The van der Waals surface area contributed by atoms with Gasteiger partial charge in [-0.15, -0.1) is 0 Å². The van der Waals surface area contributed by atoms with Crippen LogP contribution in [-0.2, 0) is 22.5 Å². The Hall–Kier alpha value is -1.62. The van der Waals surface area contributed by atoms with Crippen molar-refractivity contribution < 1.29 is 14.6 Å². The number of nitrogens with two attached hydrogens (primary N) is 1. The lowest BCUT2D eigenvalue weighted by Crippen LogP contribution is -2.09. The zero-order valence-corrected chi connectivity index (χ0v) is 10.2. The van der Waals surface area contributed by atoms with Gasteiger partial charge in [0, 0.05) is 24.7 Å². The van der Waals surface area contributed by atoms with Gasteiger partial charge in [-0.25, -0.2) is 0 Å². The highest BCUT2D eigenvalue weighted by atomic mass is 16.5. The van der Waals surface area contributed by atoms with Crippen LogP contribution in [0.5, 0.6) is 5.75 Å². The standard InChI is InChI=1S/C12H18N2O3/c1-3-17-11(15)5-4-9-7-14-8(2)12(16)10(9)6-13/h7,16H,3-6,13H2,1-2H3. The molecule has 1 aromatic rings. The van der Waals surface area contributed by atoms with E-state index in [0.29, 0.717) is 24.3 Å². The van der Waals surface area contributed by atoms with E-state index in [0.717, 1.165) is 5.56 Å². The highest BCUT2D eigenvalue weighted by Crippen LogP contribution is 2.24. The zero-order valence-electron chi connectivity index (χ0n) is 10.2. The number of hydrogen-bond donors (Lipinski definition) is 2. The Morgan fingerprint density at radius 2 is 2.29 bits per heavy atom. The first-order valence-electron chi connectivity index (χ1n) is 5.62. The van der Waals surface area contributed by atoms with Crippen molar-refractivity contribution in [3.63, 3.8) is 0 Å². The summed E-state index contributed by atoms with van der Waals surface area (Å²) in [4.78, 5) is 15.3. The molecule has 5 heteroatoms. The number of hydrogen-bond acceptors (Lipinski definition) is 5. The van der Waals surface area contributed by atoms with E-state index in [4.69, 9.17) is 10.5 Å². The van der Waals surface area contributed by atoms with Crippen molar-refractivity contribution >= 4 is 5.97 Å². The predicted molar refractivity (Wildman–Crippen MR) is 63.5 cm³/mol. The molecule has 1 rings (SSSR count). The second-order valence-electron chi connectivity index (χ2n) is 3.71. The molecule has 0 saturated heterocycles. The molecular formula is C12H18N2O3. The first-order chi connectivity index (χ1) is 8.10. The molecule has 0 spiro atoms. The molecule has 3 N–H and O–H groups in total. The Bertz CT molecular complexity index is 405. The van der Waals surface area contributed by atoms with E-state index in [-0.39, 0.29) is 24.7 Å². The molecule has 0 bridgehead atoms. The molecule has 0 fully saturated rings. The lowest BCUT2D eigenvalue weighted by Gasteiger charge is -2.10. The minimum atomic E-state index is -0.254. The van der Waals surface area contributed by atoms with E-state index < -0.39 is 0 Å². The van der Waals surface area contributed by atoms with Crippen molar-refractivity contribution in [3.05, 3.63) is 23.0 Å². The lowest BCUT2D eigenvalue weighted by molar-refractivity contribution is -0.143. The minimum absolute atomic E-state index is 0.119. The summed E-state index contributed by atoms with van der Waals surface area (Å²) in [5.41, 5.74) is 7.58. The fourth-order valence-corrected chi connectivity index (χ4v) is 1.60. The Morgan fingerprint density at radius 1 is 1.59 bits per heavy atom. The third-order valence-corrected chi connectivity index (χ3v) is 2.54. The molecule has 5 nitrogen and oxygen atoms in total. The summed E-state index contributed by atoms with van der Waals surface area (Å²) in [7, 11) is 0. The first kappa shape index (κ1) is 13.4. The van der Waals surface area contributed by atoms with Crippen molar-refractivity contribution in [2.45, 2.75) is 33.2 Å². The van der Waals surface area contributed by atoms with Gasteiger partial charge in [0.25, 0.3) is 0 Å². The summed E-state index contributed by atoms with van der Waals surface area (Å²) in [6.07, 6.45) is 2.40. The van der Waals surface area contributed by atoms with Gasteiger partial charge in [-0.3, -0.25) is 9.78 Å². The molecule has 1 aromatic heterocycles. The van der Waals surface area contributed by atoms with Gasteiger partial charge in [0.2, 0.25) is 0 Å². The molecule has 0 saturated carbocycles. The molecule has 0 unspecified atom stereocenters. The van der Waals surface area contributed by atoms with Crippen molar-refractivity contribution in [1.82, 2.24) is 4.98 Å². The van der Waals surface area contributed by atoms with Gasteiger partial charge in [0.15, 0.2) is 0 Å². The zero-order chi connectivity index (χ0) is 12.8. The highest BCUT2D eigenvalue weighted by molar-refractivity contribution is 5.69. The van der Waals surface area contributed by atoms with Gasteiger partial charge >= 0.3 is 5.97 Å². The largest absolute Gasteiger partial charge is 0.506 e. The van der Waals surface area contributed by atoms with Crippen LogP contribution in [-0.4, -0.2) is 22.7 Å². The Morgan fingerprint density at radius 3 is 2.88 bits per heavy atom. The van der Waals surface area contributed by atoms with Gasteiger partial charge in [-0.2, -0.15) is 0 Å². The second-order valence-corrected chi connectivity index (χ2v) is 3.71. The van der Waals surface area contributed by atoms with Crippen LogP contribution in [0.15, 0.2) is 6.20 Å². The van der Waals surface area contributed by atoms with Crippen molar-refractivity contribution in [3.8, 4) is 5.75 Å². The van der Waals surface area contributed by atoms with Crippen LogP contribution in [0.4, 0.5) is 0 Å². The monoisotopic (exact) mass is 238 g/mol.